The van der Waals surface area contributed by atoms with Crippen molar-refractivity contribution in [2.45, 2.75) is 65.8 Å². The Kier molecular flexibility index (Phi) is 10.4. The average Bonchev–Trinajstić information content (AvgIpc) is 2.76. The molecule has 0 aliphatic carbocycles. The highest BCUT2D eigenvalue weighted by Crippen LogP contribution is 2.28. The zero-order chi connectivity index (χ0) is 23.5. The molecule has 2 heterocycles. The smallest absolute Gasteiger partial charge is 0.239 e. The monoisotopic (exact) mass is 442 g/mol. The van der Waals surface area contributed by atoms with Gasteiger partial charge in [-0.05, 0) is 29.7 Å². The first-order chi connectivity index (χ1) is 15.4. The highest BCUT2D eigenvalue weighted by atomic mass is 16.5. The zero-order valence-corrected chi connectivity index (χ0v) is 20.0. The first-order valence-corrected chi connectivity index (χ1v) is 11.4. The largest absolute Gasteiger partial charge is 0.487 e. The Hall–Kier alpha value is -2.64. The Labute approximate surface area is 192 Å². The number of hydrogen-bond acceptors (Lipinski definition) is 6. The molecule has 0 radical (unpaired) electrons. The lowest BCUT2D eigenvalue weighted by molar-refractivity contribution is -0.120. The molecule has 0 fully saturated rings. The molecule has 32 heavy (non-hydrogen) atoms. The number of aliphatic hydroxyl groups excluding tert-OH is 1. The van der Waals surface area contributed by atoms with Gasteiger partial charge in [-0.1, -0.05) is 46.2 Å². The molecule has 7 nitrogen and oxygen atoms in total. The normalized spacial score (nSPS) is 15.8. The van der Waals surface area contributed by atoms with Gasteiger partial charge in [0.05, 0.1) is 24.9 Å². The molecular weight excluding hydrogens is 404 g/mol. The maximum absolute atomic E-state index is 12.0. The van der Waals surface area contributed by atoms with Gasteiger partial charge in [0.15, 0.2) is 0 Å². The van der Waals surface area contributed by atoms with Gasteiger partial charge in [-0.2, -0.15) is 0 Å². The summed E-state index contributed by atoms with van der Waals surface area (Å²) in [4.78, 5) is 18.4. The van der Waals surface area contributed by atoms with Crippen molar-refractivity contribution < 1.29 is 14.6 Å². The van der Waals surface area contributed by atoms with Crippen molar-refractivity contribution in [2.75, 3.05) is 25.1 Å². The number of likely N-dealkylation sites (N-methyl/N-ethyl adjacent to an activating group) is 1. The van der Waals surface area contributed by atoms with Gasteiger partial charge in [-0.3, -0.25) is 9.78 Å². The second kappa shape index (κ2) is 13.0. The standard InChI is InChI=1S/C22H30N4O3.C3H8/c1-15(2)23-10-16-4-6-18(24-11-16)14-29-20-7-5-17-8-19(13-27)25-22(28)12-26(3)21(17)9-20;1-3-2/h4-7,9,11,15,19,23,27H,8,10,12-14H2,1-3H3,(H,25,28);3H2,1-2H3. The molecule has 1 aromatic carbocycles. The van der Waals surface area contributed by atoms with Crippen molar-refractivity contribution in [1.29, 1.82) is 0 Å². The molecule has 3 N–H and O–H groups in total. The molecule has 2 aromatic rings. The average molecular weight is 443 g/mol. The molecule has 0 spiro atoms. The number of pyridine rings is 1. The van der Waals surface area contributed by atoms with E-state index in [2.05, 4.69) is 49.4 Å². The van der Waals surface area contributed by atoms with Gasteiger partial charge >= 0.3 is 0 Å². The fraction of sp³-hybridized carbons (Fsp3) is 0.520. The van der Waals surface area contributed by atoms with Crippen LogP contribution in [0.4, 0.5) is 5.69 Å². The number of rotatable bonds is 7. The van der Waals surface area contributed by atoms with Crippen LogP contribution in [0.3, 0.4) is 0 Å². The third-order valence-electron chi connectivity index (χ3n) is 4.89. The number of carbonyl (C=O) groups excluding carboxylic acids is 1. The van der Waals surface area contributed by atoms with Gasteiger partial charge in [0, 0.05) is 37.6 Å². The summed E-state index contributed by atoms with van der Waals surface area (Å²) in [5.41, 5.74) is 4.01. The molecular formula is C25H38N4O3. The van der Waals surface area contributed by atoms with Crippen LogP contribution in [0.1, 0.15) is 50.9 Å². The predicted molar refractivity (Wildman–Crippen MR) is 129 cm³/mol. The summed E-state index contributed by atoms with van der Waals surface area (Å²) in [6.45, 7) is 9.81. The molecule has 1 unspecified atom stereocenters. The fourth-order valence-electron chi connectivity index (χ4n) is 3.29. The maximum atomic E-state index is 12.0. The van der Waals surface area contributed by atoms with Crippen LogP contribution in [0, 0.1) is 0 Å². The van der Waals surface area contributed by atoms with Gasteiger partial charge in [-0.25, -0.2) is 0 Å². The van der Waals surface area contributed by atoms with E-state index >= 15 is 0 Å². The molecule has 0 bridgehead atoms. The van der Waals surface area contributed by atoms with E-state index in [0.717, 1.165) is 34.8 Å². The minimum atomic E-state index is -0.269. The molecule has 1 atom stereocenters. The maximum Gasteiger partial charge on any atom is 0.239 e. The first kappa shape index (κ1) is 25.6. The molecule has 176 valence electrons. The summed E-state index contributed by atoms with van der Waals surface area (Å²) in [6.07, 6.45) is 3.70. The molecule has 1 amide bonds. The van der Waals surface area contributed by atoms with Crippen LogP contribution in [0.15, 0.2) is 36.5 Å². The number of nitrogens with one attached hydrogen (secondary N) is 2. The van der Waals surface area contributed by atoms with Crippen LogP contribution < -0.4 is 20.3 Å². The van der Waals surface area contributed by atoms with E-state index in [4.69, 9.17) is 4.74 Å². The van der Waals surface area contributed by atoms with Gasteiger partial charge in [0.2, 0.25) is 5.91 Å². The zero-order valence-electron chi connectivity index (χ0n) is 20.0. The fourth-order valence-corrected chi connectivity index (χ4v) is 3.29. The van der Waals surface area contributed by atoms with Crippen molar-refractivity contribution in [3.63, 3.8) is 0 Å². The second-order valence-corrected chi connectivity index (χ2v) is 8.49. The van der Waals surface area contributed by atoms with Gasteiger partial charge in [0.25, 0.3) is 0 Å². The van der Waals surface area contributed by atoms with E-state index in [1.54, 1.807) is 0 Å². The minimum absolute atomic E-state index is 0.0818. The van der Waals surface area contributed by atoms with Crippen LogP contribution in [0.5, 0.6) is 5.75 Å². The lowest BCUT2D eigenvalue weighted by atomic mass is 10.0. The molecule has 1 aliphatic heterocycles. The Morgan fingerprint density at radius 1 is 1.28 bits per heavy atom. The van der Waals surface area contributed by atoms with Crippen LogP contribution in [-0.4, -0.2) is 48.3 Å². The molecule has 0 saturated heterocycles. The van der Waals surface area contributed by atoms with Crippen LogP contribution in [-0.2, 0) is 24.4 Å². The van der Waals surface area contributed by atoms with Crippen molar-refractivity contribution >= 4 is 11.6 Å². The number of hydrogen-bond donors (Lipinski definition) is 3. The number of fused-ring (bicyclic) bond motifs is 1. The number of aliphatic hydroxyl groups is 1. The number of amides is 1. The summed E-state index contributed by atoms with van der Waals surface area (Å²) in [7, 11) is 1.88. The number of ether oxygens (including phenoxy) is 1. The Bertz CT molecular complexity index is 840. The number of nitrogens with zero attached hydrogens (tertiary/aromatic N) is 2. The van der Waals surface area contributed by atoms with Gasteiger partial charge in [0.1, 0.15) is 12.4 Å². The van der Waals surface area contributed by atoms with Crippen LogP contribution in [0.2, 0.25) is 0 Å². The predicted octanol–water partition coefficient (Wildman–Crippen LogP) is 3.04. The minimum Gasteiger partial charge on any atom is -0.487 e. The van der Waals surface area contributed by atoms with E-state index in [1.807, 2.05) is 42.4 Å². The molecule has 1 aliphatic rings. The molecule has 1 aromatic heterocycles. The SMILES string of the molecule is CC(C)NCc1ccc(COc2ccc3c(c2)N(C)CC(=O)NC(CO)C3)nc1.CCC. The number of aromatic nitrogens is 1. The van der Waals surface area contributed by atoms with E-state index in [9.17, 15) is 9.90 Å². The molecule has 7 heteroatoms. The summed E-state index contributed by atoms with van der Waals surface area (Å²) in [5, 5.41) is 15.7. The Morgan fingerprint density at radius 3 is 2.66 bits per heavy atom. The summed E-state index contributed by atoms with van der Waals surface area (Å²) >= 11 is 0. The highest BCUT2D eigenvalue weighted by Gasteiger charge is 2.21. The van der Waals surface area contributed by atoms with E-state index < -0.39 is 0 Å². The Balaban J connectivity index is 0.00000114. The van der Waals surface area contributed by atoms with Crippen molar-refractivity contribution in [1.82, 2.24) is 15.6 Å². The number of anilines is 1. The number of carbonyl (C=O) groups is 1. The lowest BCUT2D eigenvalue weighted by Crippen LogP contribution is -2.46. The van der Waals surface area contributed by atoms with Crippen molar-refractivity contribution in [3.8, 4) is 5.75 Å². The van der Waals surface area contributed by atoms with E-state index in [1.165, 1.54) is 6.42 Å². The Morgan fingerprint density at radius 2 is 2.03 bits per heavy atom. The summed E-state index contributed by atoms with van der Waals surface area (Å²) in [5.74, 6) is 0.629. The first-order valence-electron chi connectivity index (χ1n) is 11.4. The summed E-state index contributed by atoms with van der Waals surface area (Å²) < 4.78 is 5.94. The van der Waals surface area contributed by atoms with Crippen LogP contribution >= 0.6 is 0 Å². The third-order valence-corrected chi connectivity index (χ3v) is 4.89. The van der Waals surface area contributed by atoms with E-state index in [-0.39, 0.29) is 25.1 Å². The topological polar surface area (TPSA) is 86.7 Å². The lowest BCUT2D eigenvalue weighted by Gasteiger charge is -2.28. The summed E-state index contributed by atoms with van der Waals surface area (Å²) in [6, 6.07) is 10.1. The number of benzene rings is 1. The molecule has 3 rings (SSSR count). The molecule has 0 saturated carbocycles. The third kappa shape index (κ3) is 8.13. The van der Waals surface area contributed by atoms with Crippen molar-refractivity contribution in [3.05, 3.63) is 53.3 Å². The second-order valence-electron chi connectivity index (χ2n) is 8.49. The van der Waals surface area contributed by atoms with E-state index in [0.29, 0.717) is 19.1 Å². The highest BCUT2D eigenvalue weighted by molar-refractivity contribution is 5.82. The van der Waals surface area contributed by atoms with Crippen molar-refractivity contribution in [2.24, 2.45) is 0 Å². The van der Waals surface area contributed by atoms with Gasteiger partial charge < -0.3 is 25.4 Å². The van der Waals surface area contributed by atoms with Crippen LogP contribution in [0.25, 0.3) is 0 Å². The quantitative estimate of drug-likeness (QED) is 0.611. The van der Waals surface area contributed by atoms with Gasteiger partial charge in [-0.15, -0.1) is 0 Å².